The number of hydrogen-bond acceptors (Lipinski definition) is 7. The first-order valence-corrected chi connectivity index (χ1v) is 8.86. The van der Waals surface area contributed by atoms with Crippen LogP contribution in [0.1, 0.15) is 26.8 Å². The standard InChI is InChI=1S/C18H15N5O2S/c1-10-6-20-13(7-19-10)8-21-18(24)12-3-4-16-14(5-12)17(23-25-16)15-9-26-11(2)22-15/h3-7,9H,8H2,1-2H3,(H,21,24). The molecule has 1 amide bonds. The molecule has 3 aromatic heterocycles. The van der Waals surface area contributed by atoms with E-state index < -0.39 is 0 Å². The molecule has 7 nitrogen and oxygen atoms in total. The molecule has 8 heteroatoms. The molecule has 0 fully saturated rings. The Morgan fingerprint density at radius 2 is 2.12 bits per heavy atom. The van der Waals surface area contributed by atoms with Crippen LogP contribution in [0.5, 0.6) is 0 Å². The molecule has 0 unspecified atom stereocenters. The number of nitrogens with zero attached hydrogens (tertiary/aromatic N) is 4. The number of carbonyl (C=O) groups is 1. The smallest absolute Gasteiger partial charge is 0.251 e. The zero-order valence-electron chi connectivity index (χ0n) is 14.2. The monoisotopic (exact) mass is 365 g/mol. The Bertz CT molecular complexity index is 1080. The average molecular weight is 365 g/mol. The lowest BCUT2D eigenvalue weighted by atomic mass is 10.1. The van der Waals surface area contributed by atoms with Gasteiger partial charge in [0.2, 0.25) is 0 Å². The van der Waals surface area contributed by atoms with E-state index in [1.807, 2.05) is 19.2 Å². The second kappa shape index (κ2) is 6.64. The summed E-state index contributed by atoms with van der Waals surface area (Å²) in [5.41, 5.74) is 4.07. The summed E-state index contributed by atoms with van der Waals surface area (Å²) in [7, 11) is 0. The number of nitrogens with one attached hydrogen (secondary N) is 1. The summed E-state index contributed by atoms with van der Waals surface area (Å²) in [6.07, 6.45) is 3.33. The highest BCUT2D eigenvalue weighted by molar-refractivity contribution is 7.09. The van der Waals surface area contributed by atoms with Gasteiger partial charge in [0.1, 0.15) is 11.4 Å². The molecule has 26 heavy (non-hydrogen) atoms. The number of hydrogen-bond donors (Lipinski definition) is 1. The van der Waals surface area contributed by atoms with E-state index in [2.05, 4.69) is 25.4 Å². The third-order valence-electron chi connectivity index (χ3n) is 3.86. The molecule has 0 bridgehead atoms. The van der Waals surface area contributed by atoms with E-state index in [0.29, 0.717) is 29.1 Å². The van der Waals surface area contributed by atoms with Gasteiger partial charge in [-0.15, -0.1) is 11.3 Å². The molecular formula is C18H15N5O2S. The molecule has 4 rings (SSSR count). The zero-order valence-corrected chi connectivity index (χ0v) is 15.0. The predicted molar refractivity (Wildman–Crippen MR) is 97.8 cm³/mol. The third kappa shape index (κ3) is 3.18. The molecular weight excluding hydrogens is 350 g/mol. The Morgan fingerprint density at radius 1 is 1.23 bits per heavy atom. The number of fused-ring (bicyclic) bond motifs is 1. The van der Waals surface area contributed by atoms with Gasteiger partial charge in [-0.2, -0.15) is 0 Å². The fourth-order valence-corrected chi connectivity index (χ4v) is 3.12. The van der Waals surface area contributed by atoms with Crippen molar-refractivity contribution in [3.8, 4) is 11.4 Å². The highest BCUT2D eigenvalue weighted by Gasteiger charge is 2.15. The highest BCUT2D eigenvalue weighted by atomic mass is 32.1. The lowest BCUT2D eigenvalue weighted by Crippen LogP contribution is -2.23. The van der Waals surface area contributed by atoms with Crippen LogP contribution in [0, 0.1) is 13.8 Å². The molecule has 130 valence electrons. The van der Waals surface area contributed by atoms with Crippen molar-refractivity contribution in [2.45, 2.75) is 20.4 Å². The van der Waals surface area contributed by atoms with E-state index in [0.717, 1.165) is 21.8 Å². The minimum atomic E-state index is -0.198. The Labute approximate surface area is 153 Å². The predicted octanol–water partition coefficient (Wildman–Crippen LogP) is 3.29. The molecule has 1 N–H and O–H groups in total. The second-order valence-electron chi connectivity index (χ2n) is 5.83. The van der Waals surface area contributed by atoms with Crippen LogP contribution in [0.25, 0.3) is 22.4 Å². The molecule has 0 aliphatic rings. The van der Waals surface area contributed by atoms with Gasteiger partial charge in [0.25, 0.3) is 5.91 Å². The molecule has 0 saturated heterocycles. The quantitative estimate of drug-likeness (QED) is 0.596. The van der Waals surface area contributed by atoms with Crippen LogP contribution >= 0.6 is 11.3 Å². The van der Waals surface area contributed by atoms with Crippen molar-refractivity contribution < 1.29 is 9.32 Å². The van der Waals surface area contributed by atoms with Crippen LogP contribution in [0.4, 0.5) is 0 Å². The van der Waals surface area contributed by atoms with Gasteiger partial charge in [0.15, 0.2) is 5.58 Å². The van der Waals surface area contributed by atoms with Crippen LogP contribution in [-0.2, 0) is 6.54 Å². The average Bonchev–Trinajstić information content (AvgIpc) is 3.26. The number of benzene rings is 1. The first-order valence-electron chi connectivity index (χ1n) is 7.98. The minimum Gasteiger partial charge on any atom is -0.356 e. The maximum Gasteiger partial charge on any atom is 0.251 e. The molecule has 0 atom stereocenters. The van der Waals surface area contributed by atoms with Gasteiger partial charge in [-0.25, -0.2) is 4.98 Å². The van der Waals surface area contributed by atoms with Crippen molar-refractivity contribution >= 4 is 28.2 Å². The van der Waals surface area contributed by atoms with E-state index in [9.17, 15) is 4.79 Å². The number of aromatic nitrogens is 4. The van der Waals surface area contributed by atoms with Crippen molar-refractivity contribution in [1.29, 1.82) is 0 Å². The van der Waals surface area contributed by atoms with Crippen LogP contribution in [-0.4, -0.2) is 26.0 Å². The normalized spacial score (nSPS) is 11.0. The number of carbonyl (C=O) groups excluding carboxylic acids is 1. The summed E-state index contributed by atoms with van der Waals surface area (Å²) in [4.78, 5) is 25.3. The maximum absolute atomic E-state index is 12.5. The Morgan fingerprint density at radius 3 is 2.85 bits per heavy atom. The number of thiazole rings is 1. The Balaban J connectivity index is 1.58. The topological polar surface area (TPSA) is 93.8 Å². The molecule has 0 radical (unpaired) electrons. The van der Waals surface area contributed by atoms with Crippen LogP contribution in [0.2, 0.25) is 0 Å². The molecule has 4 aromatic rings. The molecule has 0 aliphatic heterocycles. The van der Waals surface area contributed by atoms with Crippen molar-refractivity contribution in [2.24, 2.45) is 0 Å². The molecule has 1 aromatic carbocycles. The summed E-state index contributed by atoms with van der Waals surface area (Å²) in [5, 5.41) is 10.6. The van der Waals surface area contributed by atoms with Crippen LogP contribution < -0.4 is 5.32 Å². The maximum atomic E-state index is 12.5. The van der Waals surface area contributed by atoms with Crippen LogP contribution in [0.15, 0.2) is 40.5 Å². The van der Waals surface area contributed by atoms with Gasteiger partial charge in [0.05, 0.1) is 34.5 Å². The van der Waals surface area contributed by atoms with E-state index in [1.54, 1.807) is 41.9 Å². The highest BCUT2D eigenvalue weighted by Crippen LogP contribution is 2.29. The van der Waals surface area contributed by atoms with E-state index in [-0.39, 0.29) is 5.91 Å². The van der Waals surface area contributed by atoms with Gasteiger partial charge in [-0.3, -0.25) is 14.8 Å². The number of rotatable bonds is 4. The SMILES string of the molecule is Cc1cnc(CNC(=O)c2ccc3onc(-c4csc(C)n4)c3c2)cn1. The van der Waals surface area contributed by atoms with Crippen molar-refractivity contribution in [1.82, 2.24) is 25.4 Å². The lowest BCUT2D eigenvalue weighted by Gasteiger charge is -2.05. The van der Waals surface area contributed by atoms with Gasteiger partial charge < -0.3 is 9.84 Å². The fourth-order valence-electron chi connectivity index (χ4n) is 2.52. The minimum absolute atomic E-state index is 0.198. The third-order valence-corrected chi connectivity index (χ3v) is 4.63. The van der Waals surface area contributed by atoms with Crippen molar-refractivity contribution in [3.05, 3.63) is 57.9 Å². The van der Waals surface area contributed by atoms with E-state index in [4.69, 9.17) is 4.52 Å². The number of amides is 1. The van der Waals surface area contributed by atoms with Crippen molar-refractivity contribution in [2.75, 3.05) is 0 Å². The number of aryl methyl sites for hydroxylation is 2. The Hall–Kier alpha value is -3.13. The fraction of sp³-hybridized carbons (Fsp3) is 0.167. The van der Waals surface area contributed by atoms with Gasteiger partial charge >= 0.3 is 0 Å². The zero-order chi connectivity index (χ0) is 18.1. The van der Waals surface area contributed by atoms with Crippen molar-refractivity contribution in [3.63, 3.8) is 0 Å². The Kier molecular flexibility index (Phi) is 4.18. The summed E-state index contributed by atoms with van der Waals surface area (Å²) in [6.45, 7) is 4.11. The molecule has 0 spiro atoms. The first kappa shape index (κ1) is 16.3. The van der Waals surface area contributed by atoms with Gasteiger partial charge in [-0.05, 0) is 32.0 Å². The summed E-state index contributed by atoms with van der Waals surface area (Å²) >= 11 is 1.54. The summed E-state index contributed by atoms with van der Waals surface area (Å²) < 4.78 is 5.35. The second-order valence-corrected chi connectivity index (χ2v) is 6.89. The lowest BCUT2D eigenvalue weighted by molar-refractivity contribution is 0.0950. The molecule has 0 saturated carbocycles. The summed E-state index contributed by atoms with van der Waals surface area (Å²) in [5.74, 6) is -0.198. The molecule has 3 heterocycles. The largest absolute Gasteiger partial charge is 0.356 e. The van der Waals surface area contributed by atoms with E-state index >= 15 is 0 Å². The first-order chi connectivity index (χ1) is 12.6. The van der Waals surface area contributed by atoms with Gasteiger partial charge in [-0.1, -0.05) is 5.16 Å². The van der Waals surface area contributed by atoms with Crippen LogP contribution in [0.3, 0.4) is 0 Å². The molecule has 0 aliphatic carbocycles. The van der Waals surface area contributed by atoms with Gasteiger partial charge in [0, 0.05) is 17.1 Å². The van der Waals surface area contributed by atoms with E-state index in [1.165, 1.54) is 0 Å². The summed E-state index contributed by atoms with van der Waals surface area (Å²) in [6, 6.07) is 5.22.